The van der Waals surface area contributed by atoms with Gasteiger partial charge in [0, 0.05) is 54.2 Å². The van der Waals surface area contributed by atoms with E-state index in [9.17, 15) is 14.4 Å². The number of aromatic nitrogens is 3. The van der Waals surface area contributed by atoms with E-state index < -0.39 is 5.91 Å². The number of rotatable bonds is 10. The molecule has 5 aromatic rings. The summed E-state index contributed by atoms with van der Waals surface area (Å²) >= 11 is 0. The second-order valence-corrected chi connectivity index (χ2v) is 11.2. The van der Waals surface area contributed by atoms with Crippen molar-refractivity contribution < 1.29 is 19.1 Å². The number of carbonyl (C=O) groups excluding carboxylic acids is 3. The number of hydrogen-bond acceptors (Lipinski definition) is 7. The third kappa shape index (κ3) is 7.85. The van der Waals surface area contributed by atoms with E-state index in [2.05, 4.69) is 33.6 Å². The normalized spacial score (nSPS) is 11.0. The second kappa shape index (κ2) is 14.5. The van der Waals surface area contributed by atoms with Crippen LogP contribution in [0.25, 0.3) is 17.0 Å². The van der Waals surface area contributed by atoms with Crippen LogP contribution >= 0.6 is 0 Å². The van der Waals surface area contributed by atoms with Crippen LogP contribution in [0.5, 0.6) is 5.75 Å². The molecule has 2 aromatic carbocycles. The minimum Gasteiger partial charge on any atom is -0.487 e. The summed E-state index contributed by atoms with van der Waals surface area (Å²) in [5.41, 5.74) is 8.03. The first-order valence-corrected chi connectivity index (χ1v) is 15.1. The highest BCUT2D eigenvalue weighted by atomic mass is 16.5. The van der Waals surface area contributed by atoms with Gasteiger partial charge in [-0.3, -0.25) is 24.4 Å². The quantitative estimate of drug-likeness (QED) is 0.185. The van der Waals surface area contributed by atoms with E-state index in [-0.39, 0.29) is 24.1 Å². The van der Waals surface area contributed by atoms with Crippen molar-refractivity contribution in [3.8, 4) is 5.75 Å². The van der Waals surface area contributed by atoms with Crippen molar-refractivity contribution in [3.63, 3.8) is 0 Å². The molecule has 3 aromatic heterocycles. The first-order chi connectivity index (χ1) is 22.6. The molecular weight excluding hydrogens is 592 g/mol. The van der Waals surface area contributed by atoms with E-state index in [1.807, 2.05) is 51.1 Å². The van der Waals surface area contributed by atoms with E-state index in [1.165, 1.54) is 17.2 Å². The van der Waals surface area contributed by atoms with E-state index in [0.717, 1.165) is 44.5 Å². The number of aryl methyl sites for hydroxylation is 3. The third-order valence-corrected chi connectivity index (χ3v) is 7.85. The number of amides is 3. The summed E-state index contributed by atoms with van der Waals surface area (Å²) in [6.07, 6.45) is 7.53. The van der Waals surface area contributed by atoms with Crippen LogP contribution in [0.2, 0.25) is 0 Å². The maximum absolute atomic E-state index is 13.1. The molecule has 0 saturated carbocycles. The Kier molecular flexibility index (Phi) is 10.0. The lowest BCUT2D eigenvalue weighted by Gasteiger charge is -2.23. The molecule has 47 heavy (non-hydrogen) atoms. The zero-order valence-corrected chi connectivity index (χ0v) is 27.0. The Hall–Kier alpha value is -5.90. The maximum atomic E-state index is 13.1. The van der Waals surface area contributed by atoms with Crippen molar-refractivity contribution >= 4 is 46.1 Å². The number of benzene rings is 2. The number of likely N-dealkylation sites (N-methyl/N-ethyl adjacent to an activating group) is 1. The van der Waals surface area contributed by atoms with Crippen molar-refractivity contribution in [2.45, 2.75) is 34.3 Å². The van der Waals surface area contributed by atoms with Gasteiger partial charge in [0.2, 0.25) is 11.8 Å². The number of para-hydroxylation sites is 1. The lowest BCUT2D eigenvalue weighted by atomic mass is 10.0. The second-order valence-electron chi connectivity index (χ2n) is 11.2. The predicted octanol–water partition coefficient (Wildman–Crippen LogP) is 5.88. The molecule has 5 rings (SSSR count). The standard InChI is InChI=1S/C37H36N6O4/c1-23-9-13-32(26(4)30(23)22-47-33-8-6-7-29-24(2)19-25(3)41-36(29)33)43(5)35(45)21-40-34(44)14-11-27-10-12-31(39-20-27)37(46)42-28-15-17-38-18-16-28/h6-20H,21-22H2,1-5H3,(H,40,44)(H,38,42,46)/b14-11+. The molecule has 3 heterocycles. The van der Waals surface area contributed by atoms with Crippen LogP contribution in [0.15, 0.2) is 85.3 Å². The fourth-order valence-corrected chi connectivity index (χ4v) is 5.20. The number of nitrogens with zero attached hydrogens (tertiary/aromatic N) is 4. The first kappa shape index (κ1) is 32.5. The molecule has 0 unspecified atom stereocenters. The molecule has 0 atom stereocenters. The minimum atomic E-state index is -0.435. The summed E-state index contributed by atoms with van der Waals surface area (Å²) in [5, 5.41) is 6.43. The summed E-state index contributed by atoms with van der Waals surface area (Å²) < 4.78 is 6.30. The molecule has 0 spiro atoms. The Bertz CT molecular complexity index is 1970. The van der Waals surface area contributed by atoms with E-state index in [4.69, 9.17) is 9.72 Å². The van der Waals surface area contributed by atoms with Gasteiger partial charge in [0.05, 0.1) is 6.54 Å². The Morgan fingerprint density at radius 2 is 1.72 bits per heavy atom. The summed E-state index contributed by atoms with van der Waals surface area (Å²) in [7, 11) is 1.69. The average Bonchev–Trinajstić information content (AvgIpc) is 3.06. The smallest absolute Gasteiger partial charge is 0.274 e. The van der Waals surface area contributed by atoms with Gasteiger partial charge in [-0.1, -0.05) is 24.3 Å². The highest BCUT2D eigenvalue weighted by Crippen LogP contribution is 2.30. The van der Waals surface area contributed by atoms with Gasteiger partial charge in [0.1, 0.15) is 23.6 Å². The van der Waals surface area contributed by atoms with Crippen LogP contribution in [-0.4, -0.2) is 46.3 Å². The minimum absolute atomic E-state index is 0.189. The van der Waals surface area contributed by atoms with Crippen LogP contribution in [0.1, 0.15) is 44.0 Å². The zero-order valence-electron chi connectivity index (χ0n) is 27.0. The summed E-state index contributed by atoms with van der Waals surface area (Å²) in [4.78, 5) is 52.3. The van der Waals surface area contributed by atoms with Gasteiger partial charge < -0.3 is 20.3 Å². The molecule has 0 saturated heterocycles. The van der Waals surface area contributed by atoms with Crippen molar-refractivity contribution in [1.29, 1.82) is 0 Å². The van der Waals surface area contributed by atoms with Gasteiger partial charge in [-0.15, -0.1) is 0 Å². The van der Waals surface area contributed by atoms with Crippen LogP contribution < -0.4 is 20.3 Å². The largest absolute Gasteiger partial charge is 0.487 e. The van der Waals surface area contributed by atoms with Gasteiger partial charge in [-0.05, 0) is 98.0 Å². The molecule has 0 bridgehead atoms. The Balaban J connectivity index is 1.17. The molecule has 0 aliphatic carbocycles. The van der Waals surface area contributed by atoms with Crippen molar-refractivity contribution in [2.75, 3.05) is 23.8 Å². The van der Waals surface area contributed by atoms with Crippen molar-refractivity contribution in [2.24, 2.45) is 0 Å². The third-order valence-electron chi connectivity index (χ3n) is 7.85. The fraction of sp³-hybridized carbons (Fsp3) is 0.189. The number of anilines is 2. The lowest BCUT2D eigenvalue weighted by Crippen LogP contribution is -2.38. The SMILES string of the molecule is Cc1cc(C)c2cccc(OCc3c(C)ccc(N(C)C(=O)CNC(=O)/C=C/c4ccc(C(=O)Nc5ccncc5)nc4)c3C)c2n1. The number of fused-ring (bicyclic) bond motifs is 1. The molecule has 0 radical (unpaired) electrons. The molecular formula is C37H36N6O4. The summed E-state index contributed by atoms with van der Waals surface area (Å²) in [5.74, 6) is -0.365. The molecule has 0 fully saturated rings. The first-order valence-electron chi connectivity index (χ1n) is 15.1. The van der Waals surface area contributed by atoms with Gasteiger partial charge in [0.25, 0.3) is 5.91 Å². The number of nitrogens with one attached hydrogen (secondary N) is 2. The van der Waals surface area contributed by atoms with Crippen LogP contribution in [0, 0.1) is 27.7 Å². The van der Waals surface area contributed by atoms with Crippen LogP contribution in [-0.2, 0) is 16.2 Å². The van der Waals surface area contributed by atoms with E-state index >= 15 is 0 Å². The average molecular weight is 629 g/mol. The highest BCUT2D eigenvalue weighted by Gasteiger charge is 2.18. The van der Waals surface area contributed by atoms with Crippen molar-refractivity contribution in [1.82, 2.24) is 20.3 Å². The molecule has 10 nitrogen and oxygen atoms in total. The zero-order chi connectivity index (χ0) is 33.5. The topological polar surface area (TPSA) is 126 Å². The molecule has 3 amide bonds. The summed E-state index contributed by atoms with van der Waals surface area (Å²) in [6.45, 7) is 8.13. The number of carbonyl (C=O) groups is 3. The van der Waals surface area contributed by atoms with E-state index in [0.29, 0.717) is 23.6 Å². The summed E-state index contributed by atoms with van der Waals surface area (Å²) in [6, 6.07) is 18.4. The molecule has 2 N–H and O–H groups in total. The Labute approximate surface area is 273 Å². The van der Waals surface area contributed by atoms with Crippen LogP contribution in [0.3, 0.4) is 0 Å². The van der Waals surface area contributed by atoms with Gasteiger partial charge >= 0.3 is 0 Å². The maximum Gasteiger partial charge on any atom is 0.274 e. The van der Waals surface area contributed by atoms with Crippen molar-refractivity contribution in [3.05, 3.63) is 125 Å². The highest BCUT2D eigenvalue weighted by molar-refractivity contribution is 6.03. The fourth-order valence-electron chi connectivity index (χ4n) is 5.20. The molecule has 10 heteroatoms. The monoisotopic (exact) mass is 628 g/mol. The van der Waals surface area contributed by atoms with Gasteiger partial charge in [-0.25, -0.2) is 4.98 Å². The van der Waals surface area contributed by atoms with E-state index in [1.54, 1.807) is 49.8 Å². The van der Waals surface area contributed by atoms with Crippen LogP contribution in [0.4, 0.5) is 11.4 Å². The van der Waals surface area contributed by atoms with Gasteiger partial charge in [-0.2, -0.15) is 0 Å². The number of pyridine rings is 3. The predicted molar refractivity (Wildman–Crippen MR) is 183 cm³/mol. The number of hydrogen-bond donors (Lipinski definition) is 2. The van der Waals surface area contributed by atoms with Gasteiger partial charge in [0.15, 0.2) is 0 Å². The Morgan fingerprint density at radius 3 is 2.47 bits per heavy atom. The molecule has 0 aliphatic rings. The lowest BCUT2D eigenvalue weighted by molar-refractivity contribution is -0.122. The Morgan fingerprint density at radius 1 is 0.936 bits per heavy atom. The number of ether oxygens (including phenoxy) is 1. The molecule has 0 aliphatic heterocycles. The molecule has 238 valence electrons.